The second-order valence-corrected chi connectivity index (χ2v) is 9.93. The molecule has 0 bridgehead atoms. The summed E-state index contributed by atoms with van der Waals surface area (Å²) in [5, 5.41) is 3.23. The lowest BCUT2D eigenvalue weighted by Gasteiger charge is -2.20. The van der Waals surface area contributed by atoms with E-state index in [-0.39, 0.29) is 11.8 Å². The van der Waals surface area contributed by atoms with Gasteiger partial charge in [-0.15, -0.1) is 0 Å². The van der Waals surface area contributed by atoms with E-state index >= 15 is 0 Å². The van der Waals surface area contributed by atoms with Crippen LogP contribution in [-0.4, -0.2) is 69.5 Å². The van der Waals surface area contributed by atoms with E-state index < -0.39 is 6.09 Å². The first-order valence-corrected chi connectivity index (χ1v) is 13.5. The molecule has 4 rings (SSSR count). The van der Waals surface area contributed by atoms with Crippen LogP contribution in [0.2, 0.25) is 0 Å². The molecule has 0 unspecified atom stereocenters. The summed E-state index contributed by atoms with van der Waals surface area (Å²) in [6.45, 7) is 5.48. The van der Waals surface area contributed by atoms with Crippen LogP contribution in [0.4, 0.5) is 22.1 Å². The van der Waals surface area contributed by atoms with Gasteiger partial charge in [0.2, 0.25) is 11.8 Å². The number of ether oxygens (including phenoxy) is 4. The second-order valence-electron chi connectivity index (χ2n) is 9.93. The number of hydrogen-bond acceptors (Lipinski definition) is 9. The van der Waals surface area contributed by atoms with Crippen LogP contribution in [0, 0.1) is 13.8 Å². The number of methoxy groups -OCH3 is 2. The first kappa shape index (κ1) is 30.1. The van der Waals surface area contributed by atoms with Crippen molar-refractivity contribution in [2.75, 3.05) is 58.7 Å². The van der Waals surface area contributed by atoms with Gasteiger partial charge in [0, 0.05) is 37.0 Å². The van der Waals surface area contributed by atoms with Gasteiger partial charge in [-0.1, -0.05) is 18.2 Å². The molecule has 10 heteroatoms. The van der Waals surface area contributed by atoms with Crippen LogP contribution in [-0.2, 0) is 0 Å². The lowest BCUT2D eigenvalue weighted by Crippen LogP contribution is -2.30. The van der Waals surface area contributed by atoms with Gasteiger partial charge in [-0.05, 0) is 75.5 Å². The highest BCUT2D eigenvalue weighted by molar-refractivity contribution is 5.90. The molecular formula is C32H37N5O5. The number of nitrogens with one attached hydrogen (secondary N) is 1. The summed E-state index contributed by atoms with van der Waals surface area (Å²) >= 11 is 0. The lowest BCUT2D eigenvalue weighted by molar-refractivity contribution is 0.207. The van der Waals surface area contributed by atoms with E-state index in [4.69, 9.17) is 23.9 Å². The molecule has 0 saturated heterocycles. The molecule has 10 nitrogen and oxygen atoms in total. The molecule has 0 fully saturated rings. The highest BCUT2D eigenvalue weighted by atomic mass is 16.6. The van der Waals surface area contributed by atoms with Gasteiger partial charge in [-0.3, -0.25) is 4.90 Å². The Morgan fingerprint density at radius 2 is 1.62 bits per heavy atom. The van der Waals surface area contributed by atoms with E-state index in [0.29, 0.717) is 29.5 Å². The van der Waals surface area contributed by atoms with Crippen molar-refractivity contribution in [2.24, 2.45) is 0 Å². The first-order chi connectivity index (χ1) is 20.2. The fourth-order valence-electron chi connectivity index (χ4n) is 4.12. The number of anilines is 3. The van der Waals surface area contributed by atoms with Crippen LogP contribution >= 0.6 is 0 Å². The predicted octanol–water partition coefficient (Wildman–Crippen LogP) is 6.10. The number of carbonyl (C=O) groups is 1. The van der Waals surface area contributed by atoms with Crippen molar-refractivity contribution in [1.29, 1.82) is 0 Å². The Morgan fingerprint density at radius 1 is 0.881 bits per heavy atom. The molecule has 1 aromatic heterocycles. The average Bonchev–Trinajstić information content (AvgIpc) is 2.98. The molecule has 3 aromatic carbocycles. The van der Waals surface area contributed by atoms with Crippen LogP contribution in [0.3, 0.4) is 0 Å². The summed E-state index contributed by atoms with van der Waals surface area (Å²) in [5.41, 5.74) is 4.94. The molecule has 220 valence electrons. The molecule has 0 saturated carbocycles. The zero-order valence-corrected chi connectivity index (χ0v) is 25.1. The lowest BCUT2D eigenvalue weighted by atomic mass is 10.0. The Balaban J connectivity index is 1.63. The van der Waals surface area contributed by atoms with Crippen molar-refractivity contribution in [2.45, 2.75) is 13.8 Å². The van der Waals surface area contributed by atoms with Crippen molar-refractivity contribution >= 4 is 23.4 Å². The summed E-state index contributed by atoms with van der Waals surface area (Å²) in [7, 11) is 8.68. The highest BCUT2D eigenvalue weighted by Gasteiger charge is 2.20. The summed E-state index contributed by atoms with van der Waals surface area (Å²) in [5.74, 6) is 2.19. The zero-order valence-electron chi connectivity index (χ0n) is 25.1. The predicted molar refractivity (Wildman–Crippen MR) is 165 cm³/mol. The molecule has 0 radical (unpaired) electrons. The SMILES string of the molecule is COc1ccc(OC)c(N(C)C(=O)Oc2cc(-c3cccc(C)c3C)nc(Nc3ccc(OCCN(C)C)cc3)n2)c1. The minimum Gasteiger partial charge on any atom is -0.497 e. The Hall–Kier alpha value is -4.83. The summed E-state index contributed by atoms with van der Waals surface area (Å²) in [6.07, 6.45) is -0.655. The number of aryl methyl sites for hydroxylation is 1. The maximum Gasteiger partial charge on any atom is 0.420 e. The zero-order chi connectivity index (χ0) is 30.2. The van der Waals surface area contributed by atoms with Gasteiger partial charge >= 0.3 is 6.09 Å². The smallest absolute Gasteiger partial charge is 0.420 e. The second kappa shape index (κ2) is 13.7. The van der Waals surface area contributed by atoms with Crippen molar-refractivity contribution < 1.29 is 23.7 Å². The maximum absolute atomic E-state index is 13.3. The molecule has 0 atom stereocenters. The topological polar surface area (TPSA) is 98.3 Å². The number of likely N-dealkylation sites (N-methyl/N-ethyl adjacent to an activating group) is 1. The van der Waals surface area contributed by atoms with Crippen molar-refractivity contribution in [3.63, 3.8) is 0 Å². The Kier molecular flexibility index (Phi) is 9.82. The van der Waals surface area contributed by atoms with E-state index in [2.05, 4.69) is 15.2 Å². The normalized spacial score (nSPS) is 10.8. The third kappa shape index (κ3) is 7.46. The van der Waals surface area contributed by atoms with E-state index in [9.17, 15) is 4.79 Å². The molecule has 4 aromatic rings. The molecule has 0 aliphatic carbocycles. The molecular weight excluding hydrogens is 534 g/mol. The number of carbonyl (C=O) groups excluding carboxylic acids is 1. The molecule has 1 N–H and O–H groups in total. The van der Waals surface area contributed by atoms with Crippen LogP contribution in [0.1, 0.15) is 11.1 Å². The summed E-state index contributed by atoms with van der Waals surface area (Å²) in [4.78, 5) is 25.9. The van der Waals surface area contributed by atoms with E-state index in [1.54, 1.807) is 38.4 Å². The molecule has 1 amide bonds. The number of amides is 1. The fraction of sp³-hybridized carbons (Fsp3) is 0.281. The van der Waals surface area contributed by atoms with Crippen molar-refractivity contribution in [3.05, 3.63) is 77.9 Å². The van der Waals surface area contributed by atoms with Crippen molar-refractivity contribution in [1.82, 2.24) is 14.9 Å². The van der Waals surface area contributed by atoms with Crippen LogP contribution in [0.5, 0.6) is 23.1 Å². The van der Waals surface area contributed by atoms with Crippen LogP contribution in [0.15, 0.2) is 66.7 Å². The fourth-order valence-corrected chi connectivity index (χ4v) is 4.12. The Labute approximate surface area is 246 Å². The summed E-state index contributed by atoms with van der Waals surface area (Å²) in [6, 6.07) is 20.3. The number of hydrogen-bond donors (Lipinski definition) is 1. The maximum atomic E-state index is 13.3. The summed E-state index contributed by atoms with van der Waals surface area (Å²) < 4.78 is 22.3. The standard InChI is InChI=1S/C32H37N5O5/c1-21-9-8-10-26(22(21)2)27-20-30(42-32(38)37(5)28-19-25(39-6)15-16-29(28)40-7)35-31(34-27)33-23-11-13-24(14-12-23)41-18-17-36(3)4/h8-16,19-20H,17-18H2,1-7H3,(H,33,34,35). The van der Waals surface area contributed by atoms with Crippen molar-refractivity contribution in [3.8, 4) is 34.4 Å². The van der Waals surface area contributed by atoms with Gasteiger partial charge in [0.15, 0.2) is 0 Å². The first-order valence-electron chi connectivity index (χ1n) is 13.5. The van der Waals surface area contributed by atoms with Gasteiger partial charge in [0.25, 0.3) is 0 Å². The molecule has 0 aliphatic rings. The van der Waals surface area contributed by atoms with Gasteiger partial charge in [0.05, 0.1) is 25.6 Å². The monoisotopic (exact) mass is 571 g/mol. The molecule has 42 heavy (non-hydrogen) atoms. The number of aromatic nitrogens is 2. The van der Waals surface area contributed by atoms with E-state index in [0.717, 1.165) is 34.7 Å². The number of nitrogens with zero attached hydrogens (tertiary/aromatic N) is 4. The van der Waals surface area contributed by atoms with Gasteiger partial charge in [-0.25, -0.2) is 9.78 Å². The van der Waals surface area contributed by atoms with Crippen LogP contribution in [0.25, 0.3) is 11.3 Å². The average molecular weight is 572 g/mol. The molecule has 0 spiro atoms. The Bertz CT molecular complexity index is 1520. The largest absolute Gasteiger partial charge is 0.497 e. The quantitative estimate of drug-likeness (QED) is 0.229. The Morgan fingerprint density at radius 3 is 2.31 bits per heavy atom. The van der Waals surface area contributed by atoms with Gasteiger partial charge in [-0.2, -0.15) is 4.98 Å². The van der Waals surface area contributed by atoms with Crippen LogP contribution < -0.4 is 29.2 Å². The number of benzene rings is 3. The minimum absolute atomic E-state index is 0.0887. The van der Waals surface area contributed by atoms with Gasteiger partial charge < -0.3 is 29.2 Å². The third-order valence-corrected chi connectivity index (χ3v) is 6.71. The van der Waals surface area contributed by atoms with E-state index in [1.807, 2.05) is 70.4 Å². The number of rotatable bonds is 11. The van der Waals surface area contributed by atoms with Gasteiger partial charge in [0.1, 0.15) is 23.9 Å². The minimum atomic E-state index is -0.655. The third-order valence-electron chi connectivity index (χ3n) is 6.71. The highest BCUT2D eigenvalue weighted by Crippen LogP contribution is 2.33. The molecule has 1 heterocycles. The molecule has 0 aliphatic heterocycles. The van der Waals surface area contributed by atoms with E-state index in [1.165, 1.54) is 12.0 Å².